The van der Waals surface area contributed by atoms with E-state index in [4.69, 9.17) is 0 Å². The number of anilines is 1. The highest BCUT2D eigenvalue weighted by Crippen LogP contribution is 2.25. The molecule has 0 aliphatic carbocycles. The second kappa shape index (κ2) is 8.44. The molecule has 0 spiro atoms. The van der Waals surface area contributed by atoms with Gasteiger partial charge >= 0.3 is 0 Å². The van der Waals surface area contributed by atoms with Gasteiger partial charge in [-0.3, -0.25) is 4.79 Å². The van der Waals surface area contributed by atoms with Crippen molar-refractivity contribution in [3.05, 3.63) is 24.3 Å². The van der Waals surface area contributed by atoms with Crippen molar-refractivity contribution in [3.63, 3.8) is 0 Å². The second-order valence-corrected chi connectivity index (χ2v) is 7.12. The molecule has 1 unspecified atom stereocenters. The predicted octanol–water partition coefficient (Wildman–Crippen LogP) is 3.76. The molecule has 0 aromatic heterocycles. The zero-order valence-corrected chi connectivity index (χ0v) is 13.8. The van der Waals surface area contributed by atoms with Gasteiger partial charge < -0.3 is 10.6 Å². The summed E-state index contributed by atoms with van der Waals surface area (Å²) in [5.74, 6) is 2.32. The second-order valence-electron chi connectivity index (χ2n) is 5.78. The minimum Gasteiger partial charge on any atom is -0.326 e. The van der Waals surface area contributed by atoms with Gasteiger partial charge in [-0.2, -0.15) is 0 Å². The van der Waals surface area contributed by atoms with E-state index in [1.54, 1.807) is 11.8 Å². The highest BCUT2D eigenvalue weighted by molar-refractivity contribution is 7.99. The van der Waals surface area contributed by atoms with Gasteiger partial charge in [0.15, 0.2) is 0 Å². The number of hydrogen-bond acceptors (Lipinski definition) is 3. The Morgan fingerprint density at radius 2 is 2.19 bits per heavy atom. The molecule has 2 rings (SSSR count). The summed E-state index contributed by atoms with van der Waals surface area (Å²) in [5, 5.41) is 6.42. The summed E-state index contributed by atoms with van der Waals surface area (Å²) < 4.78 is 0. The van der Waals surface area contributed by atoms with Crippen molar-refractivity contribution in [1.82, 2.24) is 5.32 Å². The van der Waals surface area contributed by atoms with Gasteiger partial charge in [-0.15, -0.1) is 11.8 Å². The van der Waals surface area contributed by atoms with E-state index >= 15 is 0 Å². The highest BCUT2D eigenvalue weighted by Gasteiger charge is 2.21. The lowest BCUT2D eigenvalue weighted by molar-refractivity contribution is -0.117. The summed E-state index contributed by atoms with van der Waals surface area (Å²) in [4.78, 5) is 13.4. The number of benzene rings is 1. The number of piperidine rings is 1. The SMILES string of the molecule is CCSc1cccc(NC(=O)CC(C)C2CCNCC2)c1. The molecule has 1 atom stereocenters. The zero-order chi connectivity index (χ0) is 15.1. The number of carbonyl (C=O) groups excluding carboxylic acids is 1. The predicted molar refractivity (Wildman–Crippen MR) is 90.8 cm³/mol. The van der Waals surface area contributed by atoms with E-state index in [1.165, 1.54) is 17.7 Å². The summed E-state index contributed by atoms with van der Waals surface area (Å²) in [6, 6.07) is 8.11. The van der Waals surface area contributed by atoms with Crippen LogP contribution in [-0.2, 0) is 4.79 Å². The molecule has 0 bridgehead atoms. The van der Waals surface area contributed by atoms with Gasteiger partial charge in [-0.25, -0.2) is 0 Å². The Bertz CT molecular complexity index is 458. The van der Waals surface area contributed by atoms with Gasteiger partial charge in [0.2, 0.25) is 5.91 Å². The molecule has 1 heterocycles. The van der Waals surface area contributed by atoms with Crippen LogP contribution in [-0.4, -0.2) is 24.7 Å². The van der Waals surface area contributed by atoms with Crippen LogP contribution in [0.1, 0.15) is 33.1 Å². The van der Waals surface area contributed by atoms with E-state index in [2.05, 4.69) is 36.6 Å². The van der Waals surface area contributed by atoms with Crippen molar-refractivity contribution in [1.29, 1.82) is 0 Å². The fourth-order valence-electron chi connectivity index (χ4n) is 2.91. The maximum Gasteiger partial charge on any atom is 0.224 e. The van der Waals surface area contributed by atoms with E-state index < -0.39 is 0 Å². The standard InChI is InChI=1S/C17H26N2OS/c1-3-21-16-6-4-5-15(12-16)19-17(20)11-13(2)14-7-9-18-10-8-14/h4-6,12-14,18H,3,7-11H2,1-2H3,(H,19,20). The molecule has 116 valence electrons. The molecular formula is C17H26N2OS. The third kappa shape index (κ3) is 5.36. The Balaban J connectivity index is 1.84. The fourth-order valence-corrected chi connectivity index (χ4v) is 3.63. The Morgan fingerprint density at radius 3 is 2.90 bits per heavy atom. The van der Waals surface area contributed by atoms with Gasteiger partial charge in [0.25, 0.3) is 0 Å². The van der Waals surface area contributed by atoms with E-state index in [-0.39, 0.29) is 5.91 Å². The average Bonchev–Trinajstić information content (AvgIpc) is 2.48. The summed E-state index contributed by atoms with van der Waals surface area (Å²) in [5.41, 5.74) is 0.913. The quantitative estimate of drug-likeness (QED) is 0.786. The van der Waals surface area contributed by atoms with Crippen LogP contribution in [0.3, 0.4) is 0 Å². The lowest BCUT2D eigenvalue weighted by Gasteiger charge is -2.27. The largest absolute Gasteiger partial charge is 0.326 e. The van der Waals surface area contributed by atoms with Crippen molar-refractivity contribution < 1.29 is 4.79 Å². The third-order valence-corrected chi connectivity index (χ3v) is 5.00. The summed E-state index contributed by atoms with van der Waals surface area (Å²) in [6.07, 6.45) is 3.00. The molecule has 1 aliphatic rings. The molecule has 1 aliphatic heterocycles. The molecule has 21 heavy (non-hydrogen) atoms. The average molecular weight is 306 g/mol. The van der Waals surface area contributed by atoms with Crippen LogP contribution in [0.2, 0.25) is 0 Å². The molecule has 0 radical (unpaired) electrons. The summed E-state index contributed by atoms with van der Waals surface area (Å²) >= 11 is 1.79. The normalized spacial score (nSPS) is 17.4. The number of thioether (sulfide) groups is 1. The van der Waals surface area contributed by atoms with E-state index in [9.17, 15) is 4.79 Å². The lowest BCUT2D eigenvalue weighted by atomic mass is 9.84. The van der Waals surface area contributed by atoms with Crippen molar-refractivity contribution >= 4 is 23.4 Å². The topological polar surface area (TPSA) is 41.1 Å². The summed E-state index contributed by atoms with van der Waals surface area (Å²) in [7, 11) is 0. The van der Waals surface area contributed by atoms with Crippen LogP contribution in [0.25, 0.3) is 0 Å². The van der Waals surface area contributed by atoms with Gasteiger partial charge in [0, 0.05) is 17.0 Å². The Kier molecular flexibility index (Phi) is 6.58. The number of hydrogen-bond donors (Lipinski definition) is 2. The number of carbonyl (C=O) groups is 1. The molecule has 2 N–H and O–H groups in total. The van der Waals surface area contributed by atoms with Crippen LogP contribution in [0.15, 0.2) is 29.2 Å². The minimum absolute atomic E-state index is 0.139. The minimum atomic E-state index is 0.139. The van der Waals surface area contributed by atoms with Crippen LogP contribution in [0.4, 0.5) is 5.69 Å². The first-order valence-electron chi connectivity index (χ1n) is 7.92. The van der Waals surface area contributed by atoms with Gasteiger partial charge in [-0.1, -0.05) is 19.9 Å². The van der Waals surface area contributed by atoms with Gasteiger partial charge in [0.1, 0.15) is 0 Å². The van der Waals surface area contributed by atoms with E-state index in [1.807, 2.05) is 12.1 Å². The first-order valence-corrected chi connectivity index (χ1v) is 8.91. The monoisotopic (exact) mass is 306 g/mol. The molecular weight excluding hydrogens is 280 g/mol. The zero-order valence-electron chi connectivity index (χ0n) is 13.0. The van der Waals surface area contributed by atoms with E-state index in [0.29, 0.717) is 18.3 Å². The van der Waals surface area contributed by atoms with Crippen LogP contribution in [0, 0.1) is 11.8 Å². The summed E-state index contributed by atoms with van der Waals surface area (Å²) in [6.45, 7) is 6.52. The van der Waals surface area contributed by atoms with Crippen LogP contribution < -0.4 is 10.6 Å². The lowest BCUT2D eigenvalue weighted by Crippen LogP contribution is -2.32. The van der Waals surface area contributed by atoms with Crippen molar-refractivity contribution in [2.45, 2.75) is 38.0 Å². The molecule has 3 nitrogen and oxygen atoms in total. The van der Waals surface area contributed by atoms with Crippen LogP contribution >= 0.6 is 11.8 Å². The number of nitrogens with one attached hydrogen (secondary N) is 2. The van der Waals surface area contributed by atoms with Crippen molar-refractivity contribution in [2.75, 3.05) is 24.2 Å². The molecule has 1 saturated heterocycles. The smallest absolute Gasteiger partial charge is 0.224 e. The maximum atomic E-state index is 12.2. The number of amides is 1. The fraction of sp³-hybridized carbons (Fsp3) is 0.588. The molecule has 1 aromatic carbocycles. The van der Waals surface area contributed by atoms with Crippen molar-refractivity contribution in [2.24, 2.45) is 11.8 Å². The molecule has 0 saturated carbocycles. The first-order chi connectivity index (χ1) is 10.2. The van der Waals surface area contributed by atoms with Crippen molar-refractivity contribution in [3.8, 4) is 0 Å². The van der Waals surface area contributed by atoms with Crippen LogP contribution in [0.5, 0.6) is 0 Å². The third-order valence-electron chi connectivity index (χ3n) is 4.12. The molecule has 1 aromatic rings. The Morgan fingerprint density at radius 1 is 1.43 bits per heavy atom. The van der Waals surface area contributed by atoms with Gasteiger partial charge in [-0.05, 0) is 61.7 Å². The van der Waals surface area contributed by atoms with E-state index in [0.717, 1.165) is 24.5 Å². The molecule has 1 fully saturated rings. The molecule has 1 amide bonds. The maximum absolute atomic E-state index is 12.2. The Hall–Kier alpha value is -1.00. The first kappa shape index (κ1) is 16.4. The highest BCUT2D eigenvalue weighted by atomic mass is 32.2. The number of rotatable bonds is 6. The Labute approximate surface area is 132 Å². The van der Waals surface area contributed by atoms with Gasteiger partial charge in [0.05, 0.1) is 0 Å². The molecule has 4 heteroatoms.